The smallest absolute Gasteiger partial charge is 0.291 e. The van der Waals surface area contributed by atoms with Crippen LogP contribution in [0.5, 0.6) is 0 Å². The lowest BCUT2D eigenvalue weighted by molar-refractivity contribution is -0.895. The molecule has 0 aliphatic heterocycles. The number of likely N-dealkylation sites (N-methyl/N-ethyl adjacent to an activating group) is 1. The van der Waals surface area contributed by atoms with Crippen LogP contribution >= 0.6 is 15.9 Å². The molecule has 142 valence electrons. The number of para-hydroxylation sites is 1. The van der Waals surface area contributed by atoms with Crippen LogP contribution in [0.4, 0.5) is 5.69 Å². The molecule has 0 unspecified atom stereocenters. The number of furan rings is 1. The Morgan fingerprint density at radius 2 is 1.77 bits per heavy atom. The van der Waals surface area contributed by atoms with Crippen LogP contribution in [0.25, 0.3) is 0 Å². The van der Waals surface area contributed by atoms with Crippen LogP contribution < -0.4 is 27.9 Å². The molecule has 0 bridgehead atoms. The summed E-state index contributed by atoms with van der Waals surface area (Å²) < 4.78 is 5.71. The van der Waals surface area contributed by atoms with E-state index in [-0.39, 0.29) is 24.1 Å². The molecule has 8 heteroatoms. The van der Waals surface area contributed by atoms with Crippen LogP contribution in [0, 0.1) is 0 Å². The number of benzene rings is 1. The molecular formula is C18H23BrClN3O3. The van der Waals surface area contributed by atoms with Gasteiger partial charge in [0.15, 0.2) is 10.4 Å². The molecule has 3 N–H and O–H groups in total. The normalized spacial score (nSPS) is 10.3. The molecule has 2 aromatic rings. The Hall–Kier alpha value is -1.83. The number of rotatable bonds is 8. The molecule has 0 saturated heterocycles. The van der Waals surface area contributed by atoms with E-state index in [1.807, 2.05) is 0 Å². The van der Waals surface area contributed by atoms with E-state index in [1.165, 1.54) is 4.90 Å². The van der Waals surface area contributed by atoms with Crippen LogP contribution in [0.3, 0.4) is 0 Å². The number of carbonyl (C=O) groups is 2. The number of amides is 2. The standard InChI is InChI=1S/C18H22BrN3O3.ClH/c1-3-22(4-2)12-11-20-17(23)13-7-5-6-8-14(13)21-18(24)15-9-10-16(19)25-15;/h5-10H,3-4,11-12H2,1-2H3,(H,20,23)(H,21,24);1H. The zero-order valence-electron chi connectivity index (χ0n) is 14.8. The maximum Gasteiger partial charge on any atom is 0.291 e. The van der Waals surface area contributed by atoms with Gasteiger partial charge in [-0.3, -0.25) is 9.59 Å². The second-order valence-electron chi connectivity index (χ2n) is 5.57. The molecule has 0 aliphatic rings. The van der Waals surface area contributed by atoms with Gasteiger partial charge in [-0.05, 0) is 54.0 Å². The summed E-state index contributed by atoms with van der Waals surface area (Å²) in [5, 5.41) is 5.64. The summed E-state index contributed by atoms with van der Waals surface area (Å²) in [4.78, 5) is 26.1. The average molecular weight is 445 g/mol. The summed E-state index contributed by atoms with van der Waals surface area (Å²) in [5.74, 6) is -0.436. The van der Waals surface area contributed by atoms with Crippen molar-refractivity contribution in [1.82, 2.24) is 5.32 Å². The second kappa shape index (κ2) is 11.0. The first-order valence-electron chi connectivity index (χ1n) is 8.32. The molecule has 26 heavy (non-hydrogen) atoms. The van der Waals surface area contributed by atoms with E-state index in [0.29, 0.717) is 22.5 Å². The van der Waals surface area contributed by atoms with Gasteiger partial charge in [0.2, 0.25) is 0 Å². The minimum atomic E-state index is -0.404. The first kappa shape index (κ1) is 22.2. The van der Waals surface area contributed by atoms with Gasteiger partial charge < -0.3 is 32.4 Å². The Labute approximate surface area is 167 Å². The summed E-state index contributed by atoms with van der Waals surface area (Å²) in [6.45, 7) is 7.75. The van der Waals surface area contributed by atoms with E-state index in [2.05, 4.69) is 40.4 Å². The topological polar surface area (TPSA) is 75.8 Å². The van der Waals surface area contributed by atoms with E-state index in [1.54, 1.807) is 36.4 Å². The molecule has 0 aliphatic carbocycles. The summed E-state index contributed by atoms with van der Waals surface area (Å²) >= 11 is 3.16. The Balaban J connectivity index is 0.00000338. The van der Waals surface area contributed by atoms with Crippen LogP contribution in [0.15, 0.2) is 45.5 Å². The number of carbonyl (C=O) groups excluding carboxylic acids is 2. The van der Waals surface area contributed by atoms with Crippen molar-refractivity contribution in [2.75, 3.05) is 31.5 Å². The predicted molar refractivity (Wildman–Crippen MR) is 100 cm³/mol. The lowest BCUT2D eigenvalue weighted by Crippen LogP contribution is -3.12. The van der Waals surface area contributed by atoms with E-state index in [0.717, 1.165) is 19.6 Å². The molecule has 6 nitrogen and oxygen atoms in total. The number of hydrogen-bond acceptors (Lipinski definition) is 3. The molecule has 2 amide bonds. The molecule has 0 atom stereocenters. The summed E-state index contributed by atoms with van der Waals surface area (Å²) in [6, 6.07) is 10.1. The summed E-state index contributed by atoms with van der Waals surface area (Å²) in [7, 11) is 0. The van der Waals surface area contributed by atoms with Crippen LogP contribution in [-0.4, -0.2) is 38.0 Å². The third-order valence-corrected chi connectivity index (χ3v) is 4.41. The van der Waals surface area contributed by atoms with Crippen molar-refractivity contribution >= 4 is 33.4 Å². The Bertz CT molecular complexity index is 732. The highest BCUT2D eigenvalue weighted by Gasteiger charge is 2.16. The highest BCUT2D eigenvalue weighted by atomic mass is 79.9. The molecule has 2 rings (SSSR count). The highest BCUT2D eigenvalue weighted by molar-refractivity contribution is 9.10. The van der Waals surface area contributed by atoms with Gasteiger partial charge in [0, 0.05) is 0 Å². The van der Waals surface area contributed by atoms with Gasteiger partial charge in [0.1, 0.15) is 0 Å². The third kappa shape index (κ3) is 6.16. The van der Waals surface area contributed by atoms with Gasteiger partial charge in [0.05, 0.1) is 37.4 Å². The molecule has 0 radical (unpaired) electrons. The minimum absolute atomic E-state index is 0. The second-order valence-corrected chi connectivity index (χ2v) is 6.35. The SMILES string of the molecule is CC[NH+](CC)CCNC(=O)c1ccccc1NC(=O)c1ccc(Br)o1.[Cl-]. The van der Waals surface area contributed by atoms with Crippen LogP contribution in [0.2, 0.25) is 0 Å². The molecule has 1 aromatic heterocycles. The molecule has 1 aromatic carbocycles. The maximum atomic E-state index is 12.4. The van der Waals surface area contributed by atoms with Gasteiger partial charge in [-0.25, -0.2) is 0 Å². The molecule has 0 saturated carbocycles. The van der Waals surface area contributed by atoms with Crippen molar-refractivity contribution < 1.29 is 31.3 Å². The lowest BCUT2D eigenvalue weighted by atomic mass is 10.1. The van der Waals surface area contributed by atoms with E-state index in [9.17, 15) is 9.59 Å². The van der Waals surface area contributed by atoms with E-state index >= 15 is 0 Å². The zero-order valence-corrected chi connectivity index (χ0v) is 17.1. The summed E-state index contributed by atoms with van der Waals surface area (Å²) in [6.07, 6.45) is 0. The first-order valence-corrected chi connectivity index (χ1v) is 9.11. The fraction of sp³-hybridized carbons (Fsp3) is 0.333. The van der Waals surface area contributed by atoms with Crippen LogP contribution in [0.1, 0.15) is 34.8 Å². The predicted octanol–water partition coefficient (Wildman–Crippen LogP) is -1.05. The highest BCUT2D eigenvalue weighted by Crippen LogP contribution is 2.18. The van der Waals surface area contributed by atoms with Gasteiger partial charge in [-0.15, -0.1) is 0 Å². The van der Waals surface area contributed by atoms with Gasteiger partial charge in [0.25, 0.3) is 11.8 Å². The minimum Gasteiger partial charge on any atom is -1.00 e. The maximum absolute atomic E-state index is 12.4. The van der Waals surface area contributed by atoms with Crippen molar-refractivity contribution in [2.24, 2.45) is 0 Å². The van der Waals surface area contributed by atoms with E-state index in [4.69, 9.17) is 4.42 Å². The molecular weight excluding hydrogens is 422 g/mol. The van der Waals surface area contributed by atoms with Gasteiger partial charge >= 0.3 is 0 Å². The lowest BCUT2D eigenvalue weighted by Gasteiger charge is -2.16. The van der Waals surface area contributed by atoms with Gasteiger partial charge in [-0.1, -0.05) is 12.1 Å². The fourth-order valence-corrected chi connectivity index (χ4v) is 2.77. The Kier molecular flexibility index (Phi) is 9.40. The average Bonchev–Trinajstić information content (AvgIpc) is 3.05. The first-order chi connectivity index (χ1) is 12.0. The van der Waals surface area contributed by atoms with Crippen molar-refractivity contribution in [3.8, 4) is 0 Å². The number of nitrogens with one attached hydrogen (secondary N) is 3. The number of halogens is 2. The monoisotopic (exact) mass is 443 g/mol. The summed E-state index contributed by atoms with van der Waals surface area (Å²) in [5.41, 5.74) is 0.878. The Morgan fingerprint density at radius 3 is 2.38 bits per heavy atom. The van der Waals surface area contributed by atoms with Crippen molar-refractivity contribution in [2.45, 2.75) is 13.8 Å². The van der Waals surface area contributed by atoms with Crippen molar-refractivity contribution in [1.29, 1.82) is 0 Å². The zero-order chi connectivity index (χ0) is 18.2. The molecule has 1 heterocycles. The van der Waals surface area contributed by atoms with Crippen molar-refractivity contribution in [3.63, 3.8) is 0 Å². The quantitative estimate of drug-likeness (QED) is 0.487. The third-order valence-electron chi connectivity index (χ3n) is 3.98. The van der Waals surface area contributed by atoms with Crippen LogP contribution in [-0.2, 0) is 0 Å². The number of quaternary nitrogens is 1. The number of anilines is 1. The van der Waals surface area contributed by atoms with E-state index < -0.39 is 5.91 Å². The Morgan fingerprint density at radius 1 is 1.08 bits per heavy atom. The fourth-order valence-electron chi connectivity index (χ4n) is 2.46. The molecule has 0 fully saturated rings. The largest absolute Gasteiger partial charge is 1.00 e. The van der Waals surface area contributed by atoms with Gasteiger partial charge in [-0.2, -0.15) is 0 Å². The van der Waals surface area contributed by atoms with Crippen molar-refractivity contribution in [3.05, 3.63) is 52.4 Å². The number of hydrogen-bond donors (Lipinski definition) is 3. The molecule has 0 spiro atoms.